The quantitative estimate of drug-likeness (QED) is 0.768. The van der Waals surface area contributed by atoms with Crippen LogP contribution in [0.5, 0.6) is 0 Å². The van der Waals surface area contributed by atoms with E-state index in [1.807, 2.05) is 6.20 Å². The van der Waals surface area contributed by atoms with Gasteiger partial charge in [0.2, 0.25) is 0 Å². The average molecular weight is 249 g/mol. The fourth-order valence-electron chi connectivity index (χ4n) is 2.79. The second-order valence-electron chi connectivity index (χ2n) is 5.68. The Balaban J connectivity index is 1.96. The van der Waals surface area contributed by atoms with Gasteiger partial charge in [-0.25, -0.2) is 4.98 Å². The van der Waals surface area contributed by atoms with Gasteiger partial charge in [0.15, 0.2) is 0 Å². The topological polar surface area (TPSA) is 29.9 Å². The van der Waals surface area contributed by atoms with E-state index in [4.69, 9.17) is 0 Å². The van der Waals surface area contributed by atoms with Gasteiger partial charge in [0.25, 0.3) is 0 Å². The first-order valence-electron chi connectivity index (χ1n) is 7.49. The summed E-state index contributed by atoms with van der Waals surface area (Å²) in [5.41, 5.74) is 0. The summed E-state index contributed by atoms with van der Waals surface area (Å²) < 4.78 is 2.31. The first kappa shape index (κ1) is 13.6. The molecule has 1 aliphatic rings. The summed E-state index contributed by atoms with van der Waals surface area (Å²) in [7, 11) is 0. The van der Waals surface area contributed by atoms with Crippen molar-refractivity contribution in [1.82, 2.24) is 14.9 Å². The SMILES string of the molecule is CCCNC(Cc1nccn1CCC)C1CC1C. The molecule has 102 valence electrons. The minimum atomic E-state index is 0.623. The van der Waals surface area contributed by atoms with Crippen molar-refractivity contribution in [2.75, 3.05) is 6.54 Å². The molecule has 0 aromatic carbocycles. The highest BCUT2D eigenvalue weighted by molar-refractivity contribution is 5.01. The molecule has 3 nitrogen and oxygen atoms in total. The van der Waals surface area contributed by atoms with Crippen molar-refractivity contribution < 1.29 is 0 Å². The summed E-state index contributed by atoms with van der Waals surface area (Å²) in [5, 5.41) is 3.72. The minimum absolute atomic E-state index is 0.623. The maximum absolute atomic E-state index is 4.54. The molecule has 1 fully saturated rings. The molecule has 1 saturated carbocycles. The zero-order valence-electron chi connectivity index (χ0n) is 12.0. The van der Waals surface area contributed by atoms with Crippen LogP contribution in [0, 0.1) is 11.8 Å². The van der Waals surface area contributed by atoms with Gasteiger partial charge in [-0.3, -0.25) is 0 Å². The lowest BCUT2D eigenvalue weighted by Gasteiger charge is -2.19. The van der Waals surface area contributed by atoms with E-state index in [0.717, 1.165) is 31.3 Å². The van der Waals surface area contributed by atoms with Crippen molar-refractivity contribution in [2.45, 2.75) is 59.0 Å². The van der Waals surface area contributed by atoms with Crippen LogP contribution in [0.4, 0.5) is 0 Å². The molecule has 0 radical (unpaired) electrons. The number of aryl methyl sites for hydroxylation is 1. The van der Waals surface area contributed by atoms with Gasteiger partial charge in [-0.1, -0.05) is 20.8 Å². The number of nitrogens with one attached hydrogen (secondary N) is 1. The van der Waals surface area contributed by atoms with Crippen LogP contribution in [0.25, 0.3) is 0 Å². The number of hydrogen-bond donors (Lipinski definition) is 1. The van der Waals surface area contributed by atoms with Gasteiger partial charge in [0.05, 0.1) is 0 Å². The van der Waals surface area contributed by atoms with Gasteiger partial charge in [0.1, 0.15) is 5.82 Å². The molecule has 1 N–H and O–H groups in total. The Bertz CT molecular complexity index is 358. The predicted molar refractivity (Wildman–Crippen MR) is 75.6 cm³/mol. The Morgan fingerprint density at radius 2 is 2.22 bits per heavy atom. The van der Waals surface area contributed by atoms with Crippen LogP contribution in [0.1, 0.15) is 45.9 Å². The Labute approximate surface area is 111 Å². The molecule has 0 amide bonds. The summed E-state index contributed by atoms with van der Waals surface area (Å²) in [6, 6.07) is 0.623. The van der Waals surface area contributed by atoms with Crippen molar-refractivity contribution in [3.8, 4) is 0 Å². The monoisotopic (exact) mass is 249 g/mol. The number of hydrogen-bond acceptors (Lipinski definition) is 2. The molecule has 0 spiro atoms. The molecule has 1 aromatic rings. The molecule has 0 bridgehead atoms. The maximum atomic E-state index is 4.54. The number of aromatic nitrogens is 2. The normalized spacial score (nSPS) is 24.2. The first-order chi connectivity index (χ1) is 8.76. The molecule has 0 saturated heterocycles. The first-order valence-corrected chi connectivity index (χ1v) is 7.49. The van der Waals surface area contributed by atoms with E-state index < -0.39 is 0 Å². The largest absolute Gasteiger partial charge is 0.335 e. The van der Waals surface area contributed by atoms with Gasteiger partial charge < -0.3 is 9.88 Å². The predicted octanol–water partition coefficient (Wildman–Crippen LogP) is 2.86. The molecule has 1 aromatic heterocycles. The van der Waals surface area contributed by atoms with E-state index in [1.165, 1.54) is 25.1 Å². The van der Waals surface area contributed by atoms with Gasteiger partial charge in [-0.15, -0.1) is 0 Å². The van der Waals surface area contributed by atoms with Crippen molar-refractivity contribution in [3.63, 3.8) is 0 Å². The van der Waals surface area contributed by atoms with Crippen molar-refractivity contribution in [3.05, 3.63) is 18.2 Å². The van der Waals surface area contributed by atoms with E-state index in [9.17, 15) is 0 Å². The Morgan fingerprint density at radius 1 is 1.44 bits per heavy atom. The Morgan fingerprint density at radius 3 is 2.83 bits per heavy atom. The third-order valence-electron chi connectivity index (χ3n) is 4.01. The number of imidazole rings is 1. The highest BCUT2D eigenvalue weighted by Gasteiger charge is 2.39. The summed E-state index contributed by atoms with van der Waals surface area (Å²) >= 11 is 0. The summed E-state index contributed by atoms with van der Waals surface area (Å²) in [6.07, 6.45) is 8.92. The van der Waals surface area contributed by atoms with Crippen LogP contribution in [0.3, 0.4) is 0 Å². The van der Waals surface area contributed by atoms with Crippen LogP contribution >= 0.6 is 0 Å². The van der Waals surface area contributed by atoms with Crippen molar-refractivity contribution >= 4 is 0 Å². The van der Waals surface area contributed by atoms with Gasteiger partial charge in [0, 0.05) is 31.4 Å². The summed E-state index contributed by atoms with van der Waals surface area (Å²) in [4.78, 5) is 4.54. The molecule has 3 heteroatoms. The van der Waals surface area contributed by atoms with E-state index in [0.29, 0.717) is 6.04 Å². The second kappa shape index (κ2) is 6.37. The van der Waals surface area contributed by atoms with Gasteiger partial charge in [-0.05, 0) is 37.6 Å². The Hall–Kier alpha value is -0.830. The fraction of sp³-hybridized carbons (Fsp3) is 0.800. The van der Waals surface area contributed by atoms with Crippen molar-refractivity contribution in [1.29, 1.82) is 0 Å². The Kier molecular flexibility index (Phi) is 4.81. The second-order valence-corrected chi connectivity index (χ2v) is 5.68. The molecular formula is C15H27N3. The standard InChI is InChI=1S/C15H27N3/c1-4-6-16-14(13-10-12(13)3)11-15-17-7-9-18(15)8-5-2/h7,9,12-14,16H,4-6,8,10-11H2,1-3H3. The average Bonchev–Trinajstić information content (AvgIpc) is 2.92. The van der Waals surface area contributed by atoms with Gasteiger partial charge >= 0.3 is 0 Å². The molecule has 0 aliphatic heterocycles. The summed E-state index contributed by atoms with van der Waals surface area (Å²) in [6.45, 7) is 9.04. The number of rotatable bonds is 8. The zero-order valence-corrected chi connectivity index (χ0v) is 12.0. The van der Waals surface area contributed by atoms with E-state index in [1.54, 1.807) is 0 Å². The van der Waals surface area contributed by atoms with Crippen LogP contribution < -0.4 is 5.32 Å². The van der Waals surface area contributed by atoms with Gasteiger partial charge in [-0.2, -0.15) is 0 Å². The maximum Gasteiger partial charge on any atom is 0.110 e. The third kappa shape index (κ3) is 3.35. The minimum Gasteiger partial charge on any atom is -0.335 e. The van der Waals surface area contributed by atoms with E-state index in [2.05, 4.69) is 41.8 Å². The highest BCUT2D eigenvalue weighted by Crippen LogP contribution is 2.41. The number of nitrogens with zero attached hydrogens (tertiary/aromatic N) is 2. The molecule has 3 unspecified atom stereocenters. The van der Waals surface area contributed by atoms with E-state index in [-0.39, 0.29) is 0 Å². The summed E-state index contributed by atoms with van der Waals surface area (Å²) in [5.74, 6) is 3.02. The third-order valence-corrected chi connectivity index (χ3v) is 4.01. The van der Waals surface area contributed by atoms with Crippen molar-refractivity contribution in [2.24, 2.45) is 11.8 Å². The lowest BCUT2D eigenvalue weighted by molar-refractivity contribution is 0.428. The van der Waals surface area contributed by atoms with E-state index >= 15 is 0 Å². The highest BCUT2D eigenvalue weighted by atomic mass is 15.1. The molecule has 1 heterocycles. The molecule has 18 heavy (non-hydrogen) atoms. The fourth-order valence-corrected chi connectivity index (χ4v) is 2.79. The lowest BCUT2D eigenvalue weighted by atomic mass is 10.1. The van der Waals surface area contributed by atoms with Crippen LogP contribution in [-0.2, 0) is 13.0 Å². The molecule has 1 aliphatic carbocycles. The molecule has 2 rings (SSSR count). The van der Waals surface area contributed by atoms with Crippen LogP contribution in [0.15, 0.2) is 12.4 Å². The van der Waals surface area contributed by atoms with Crippen LogP contribution in [0.2, 0.25) is 0 Å². The smallest absolute Gasteiger partial charge is 0.110 e. The van der Waals surface area contributed by atoms with Crippen LogP contribution in [-0.4, -0.2) is 22.1 Å². The zero-order chi connectivity index (χ0) is 13.0. The molecular weight excluding hydrogens is 222 g/mol. The lowest BCUT2D eigenvalue weighted by Crippen LogP contribution is -2.35. The molecule has 3 atom stereocenters.